The molecule has 0 unspecified atom stereocenters. The highest BCUT2D eigenvalue weighted by Crippen LogP contribution is 2.38. The number of nitro benzene ring substituents is 1. The van der Waals surface area contributed by atoms with Crippen molar-refractivity contribution in [2.24, 2.45) is 0 Å². The fraction of sp³-hybridized carbons (Fsp3) is 0.353. The number of amides is 1. The van der Waals surface area contributed by atoms with Crippen LogP contribution >= 0.6 is 0 Å². The maximum Gasteiger partial charge on any atom is 0.273 e. The Kier molecular flexibility index (Phi) is 4.60. The summed E-state index contributed by atoms with van der Waals surface area (Å²) in [4.78, 5) is 39.0. The zero-order valence-corrected chi connectivity index (χ0v) is 13.8. The molecule has 3 rings (SSSR count). The Morgan fingerprint density at radius 3 is 2.84 bits per heavy atom. The van der Waals surface area contributed by atoms with Crippen LogP contribution in [0.25, 0.3) is 0 Å². The summed E-state index contributed by atoms with van der Waals surface area (Å²) < 4.78 is 1.44. The lowest BCUT2D eigenvalue weighted by molar-refractivity contribution is -0.385. The van der Waals surface area contributed by atoms with Crippen molar-refractivity contribution in [2.45, 2.75) is 32.2 Å². The highest BCUT2D eigenvalue weighted by Gasteiger charge is 2.25. The van der Waals surface area contributed by atoms with Crippen molar-refractivity contribution in [2.75, 3.05) is 6.54 Å². The fourth-order valence-electron chi connectivity index (χ4n) is 2.66. The summed E-state index contributed by atoms with van der Waals surface area (Å²) >= 11 is 0. The molecule has 2 aromatic rings. The molecule has 1 aromatic carbocycles. The first-order valence-electron chi connectivity index (χ1n) is 8.06. The van der Waals surface area contributed by atoms with Gasteiger partial charge in [0, 0.05) is 42.3 Å². The Bertz CT molecular complexity index is 886. The number of nitro groups is 1. The van der Waals surface area contributed by atoms with E-state index >= 15 is 0 Å². The molecule has 1 aliphatic rings. The second-order valence-electron chi connectivity index (χ2n) is 6.08. The molecular formula is C17H18N4O4. The van der Waals surface area contributed by atoms with Crippen molar-refractivity contribution in [3.8, 4) is 0 Å². The summed E-state index contributed by atoms with van der Waals surface area (Å²) in [6.45, 7) is 2.06. The fourth-order valence-corrected chi connectivity index (χ4v) is 2.66. The van der Waals surface area contributed by atoms with Crippen LogP contribution in [0.2, 0.25) is 0 Å². The maximum atomic E-state index is 12.2. The normalized spacial score (nSPS) is 13.5. The summed E-state index contributed by atoms with van der Waals surface area (Å²) in [5.74, 6) is 0.00991. The van der Waals surface area contributed by atoms with Crippen molar-refractivity contribution in [1.82, 2.24) is 14.9 Å². The van der Waals surface area contributed by atoms with Crippen LogP contribution in [0, 0.1) is 17.0 Å². The zero-order chi connectivity index (χ0) is 18.0. The third kappa shape index (κ3) is 3.73. The number of benzene rings is 1. The van der Waals surface area contributed by atoms with E-state index in [0.29, 0.717) is 11.5 Å². The lowest BCUT2D eigenvalue weighted by Gasteiger charge is -2.09. The molecule has 0 radical (unpaired) electrons. The smallest absolute Gasteiger partial charge is 0.273 e. The van der Waals surface area contributed by atoms with Crippen LogP contribution in [0.4, 0.5) is 5.69 Å². The highest BCUT2D eigenvalue weighted by atomic mass is 16.6. The van der Waals surface area contributed by atoms with Gasteiger partial charge in [-0.05, 0) is 25.8 Å². The minimum Gasteiger partial charge on any atom is -0.350 e. The molecule has 8 nitrogen and oxygen atoms in total. The van der Waals surface area contributed by atoms with Gasteiger partial charge < -0.3 is 5.32 Å². The molecule has 0 aliphatic heterocycles. The molecule has 1 aromatic heterocycles. The first-order valence-corrected chi connectivity index (χ1v) is 8.06. The number of carbonyl (C=O) groups is 1. The van der Waals surface area contributed by atoms with Crippen LogP contribution in [0.15, 0.2) is 35.4 Å². The Labute approximate surface area is 143 Å². The van der Waals surface area contributed by atoms with Gasteiger partial charge in [0.1, 0.15) is 0 Å². The van der Waals surface area contributed by atoms with Gasteiger partial charge in [0.2, 0.25) is 0 Å². The van der Waals surface area contributed by atoms with Gasteiger partial charge >= 0.3 is 0 Å². The van der Waals surface area contributed by atoms with E-state index in [1.165, 1.54) is 36.0 Å². The number of rotatable bonds is 6. The molecule has 0 bridgehead atoms. The molecule has 1 N–H and O–H groups in total. The molecule has 0 spiro atoms. The molecule has 25 heavy (non-hydrogen) atoms. The topological polar surface area (TPSA) is 107 Å². The van der Waals surface area contributed by atoms with E-state index in [4.69, 9.17) is 0 Å². The Morgan fingerprint density at radius 1 is 1.44 bits per heavy atom. The van der Waals surface area contributed by atoms with E-state index in [2.05, 4.69) is 10.3 Å². The number of nitrogens with zero attached hydrogens (tertiary/aromatic N) is 3. The molecule has 8 heteroatoms. The van der Waals surface area contributed by atoms with Crippen LogP contribution < -0.4 is 10.9 Å². The summed E-state index contributed by atoms with van der Waals surface area (Å²) in [7, 11) is 0. The Balaban J connectivity index is 1.62. The summed E-state index contributed by atoms with van der Waals surface area (Å²) in [5.41, 5.74) is 1.17. The molecule has 0 saturated heterocycles. The van der Waals surface area contributed by atoms with Crippen molar-refractivity contribution in [3.63, 3.8) is 0 Å². The molecule has 1 amide bonds. The maximum absolute atomic E-state index is 12.2. The predicted octanol–water partition coefficient (Wildman–Crippen LogP) is 1.77. The Hall–Kier alpha value is -3.03. The van der Waals surface area contributed by atoms with Crippen molar-refractivity contribution >= 4 is 11.6 Å². The number of carbonyl (C=O) groups excluding carboxylic acids is 1. The molecule has 130 valence electrons. The first kappa shape index (κ1) is 16.8. The number of hydrogen-bond donors (Lipinski definition) is 1. The lowest BCUT2D eigenvalue weighted by Crippen LogP contribution is -2.31. The minimum atomic E-state index is -0.515. The zero-order valence-electron chi connectivity index (χ0n) is 13.8. The van der Waals surface area contributed by atoms with Gasteiger partial charge in [-0.2, -0.15) is 0 Å². The number of nitrogens with one attached hydrogen (secondary N) is 1. The van der Waals surface area contributed by atoms with Crippen LogP contribution in [0.3, 0.4) is 0 Å². The van der Waals surface area contributed by atoms with Gasteiger partial charge in [-0.1, -0.05) is 6.07 Å². The van der Waals surface area contributed by atoms with Gasteiger partial charge in [0.15, 0.2) is 0 Å². The summed E-state index contributed by atoms with van der Waals surface area (Å²) in [6.07, 6.45) is 3.66. The van der Waals surface area contributed by atoms with Crippen LogP contribution in [0.1, 0.15) is 40.4 Å². The van der Waals surface area contributed by atoms with Crippen molar-refractivity contribution in [3.05, 3.63) is 67.9 Å². The van der Waals surface area contributed by atoms with Gasteiger partial charge in [0.05, 0.1) is 16.9 Å². The van der Waals surface area contributed by atoms with Gasteiger partial charge in [-0.3, -0.25) is 24.3 Å². The SMILES string of the molecule is Cc1c(C(=O)NCCn2cnc(C3CC3)cc2=O)cccc1[N+](=O)[O-]. The average molecular weight is 342 g/mol. The number of hydrogen-bond acceptors (Lipinski definition) is 5. The lowest BCUT2D eigenvalue weighted by atomic mass is 10.1. The Morgan fingerprint density at radius 2 is 2.20 bits per heavy atom. The van der Waals surface area contributed by atoms with Crippen molar-refractivity contribution < 1.29 is 9.72 Å². The predicted molar refractivity (Wildman–Crippen MR) is 90.6 cm³/mol. The van der Waals surface area contributed by atoms with Gasteiger partial charge in [-0.25, -0.2) is 4.98 Å². The van der Waals surface area contributed by atoms with E-state index in [-0.39, 0.29) is 29.9 Å². The third-order valence-corrected chi connectivity index (χ3v) is 4.28. The van der Waals surface area contributed by atoms with Crippen LogP contribution in [0.5, 0.6) is 0 Å². The molecule has 1 fully saturated rings. The van der Waals surface area contributed by atoms with E-state index in [9.17, 15) is 19.7 Å². The molecule has 0 atom stereocenters. The molecule has 1 saturated carbocycles. The second kappa shape index (κ2) is 6.84. The van der Waals surface area contributed by atoms with Gasteiger partial charge in [0.25, 0.3) is 17.2 Å². The third-order valence-electron chi connectivity index (χ3n) is 4.28. The molecular weight excluding hydrogens is 324 g/mol. The minimum absolute atomic E-state index is 0.0938. The highest BCUT2D eigenvalue weighted by molar-refractivity contribution is 5.96. The van der Waals surface area contributed by atoms with E-state index in [1.54, 1.807) is 6.07 Å². The average Bonchev–Trinajstić information content (AvgIpc) is 3.41. The van der Waals surface area contributed by atoms with Crippen molar-refractivity contribution in [1.29, 1.82) is 0 Å². The first-order chi connectivity index (χ1) is 12.0. The van der Waals surface area contributed by atoms with E-state index in [1.807, 2.05) is 0 Å². The van der Waals surface area contributed by atoms with Crippen LogP contribution in [-0.2, 0) is 6.54 Å². The standard InChI is InChI=1S/C17H18N4O4/c1-11-13(3-2-4-15(11)21(24)25)17(23)18-7-8-20-10-19-14(9-16(20)22)12-5-6-12/h2-4,9-10,12H,5-8H2,1H3,(H,18,23). The van der Waals surface area contributed by atoms with Gasteiger partial charge in [-0.15, -0.1) is 0 Å². The quantitative estimate of drug-likeness (QED) is 0.636. The molecule has 1 aliphatic carbocycles. The largest absolute Gasteiger partial charge is 0.350 e. The second-order valence-corrected chi connectivity index (χ2v) is 6.08. The van der Waals surface area contributed by atoms with Crippen LogP contribution in [-0.4, -0.2) is 26.9 Å². The summed E-state index contributed by atoms with van der Waals surface area (Å²) in [6, 6.07) is 5.92. The van der Waals surface area contributed by atoms with E-state index < -0.39 is 10.8 Å². The monoisotopic (exact) mass is 342 g/mol. The van der Waals surface area contributed by atoms with E-state index in [0.717, 1.165) is 18.5 Å². The number of aromatic nitrogens is 2. The molecule has 1 heterocycles. The summed E-state index contributed by atoms with van der Waals surface area (Å²) in [5, 5.41) is 13.6.